The number of nitro groups is 1. The topological polar surface area (TPSA) is 81.5 Å². The minimum atomic E-state index is -0.536. The molecule has 1 rings (SSSR count). The summed E-state index contributed by atoms with van der Waals surface area (Å²) in [7, 11) is 0. The Morgan fingerprint density at radius 3 is 2.83 bits per heavy atom. The van der Waals surface area contributed by atoms with Gasteiger partial charge in [-0.05, 0) is 19.4 Å². The average molecular weight is 322 g/mol. The molecule has 0 aliphatic carbocycles. The van der Waals surface area contributed by atoms with E-state index in [1.54, 1.807) is 0 Å². The Balaban J connectivity index is 2.24. The SMILES string of the molecule is CCCCCC[C@H](C)NCCOC(=O)c1cccc([N+](=O)[O-])c1. The van der Waals surface area contributed by atoms with E-state index in [1.165, 1.54) is 49.9 Å². The maximum atomic E-state index is 11.8. The largest absolute Gasteiger partial charge is 0.461 e. The van der Waals surface area contributed by atoms with Gasteiger partial charge in [-0.3, -0.25) is 10.1 Å². The van der Waals surface area contributed by atoms with Gasteiger partial charge in [0.15, 0.2) is 0 Å². The average Bonchev–Trinajstić information content (AvgIpc) is 2.55. The molecule has 0 bridgehead atoms. The molecule has 6 heteroatoms. The number of unbranched alkanes of at least 4 members (excludes halogenated alkanes) is 3. The fourth-order valence-corrected chi connectivity index (χ4v) is 2.26. The van der Waals surface area contributed by atoms with E-state index in [-0.39, 0.29) is 17.9 Å². The molecule has 0 spiro atoms. The maximum absolute atomic E-state index is 11.8. The van der Waals surface area contributed by atoms with Gasteiger partial charge in [0.25, 0.3) is 5.69 Å². The number of non-ortho nitro benzene ring substituents is 1. The summed E-state index contributed by atoms with van der Waals surface area (Å²) in [6, 6.07) is 5.96. The van der Waals surface area contributed by atoms with Gasteiger partial charge in [0.2, 0.25) is 0 Å². The van der Waals surface area contributed by atoms with Crippen molar-refractivity contribution in [2.75, 3.05) is 13.2 Å². The molecule has 1 aromatic carbocycles. The van der Waals surface area contributed by atoms with Crippen molar-refractivity contribution in [3.63, 3.8) is 0 Å². The van der Waals surface area contributed by atoms with E-state index in [2.05, 4.69) is 19.2 Å². The molecule has 1 N–H and O–H groups in total. The number of nitro benzene ring substituents is 1. The highest BCUT2D eigenvalue weighted by molar-refractivity contribution is 5.90. The fraction of sp³-hybridized carbons (Fsp3) is 0.588. The number of nitrogens with zero attached hydrogens (tertiary/aromatic N) is 1. The fourth-order valence-electron chi connectivity index (χ4n) is 2.26. The third kappa shape index (κ3) is 7.74. The zero-order valence-corrected chi connectivity index (χ0v) is 13.9. The molecular weight excluding hydrogens is 296 g/mol. The van der Waals surface area contributed by atoms with Crippen molar-refractivity contribution in [3.8, 4) is 0 Å². The van der Waals surface area contributed by atoms with Crippen LogP contribution in [0.15, 0.2) is 24.3 Å². The van der Waals surface area contributed by atoms with Gasteiger partial charge < -0.3 is 10.1 Å². The Morgan fingerprint density at radius 2 is 2.13 bits per heavy atom. The van der Waals surface area contributed by atoms with Crippen molar-refractivity contribution >= 4 is 11.7 Å². The summed E-state index contributed by atoms with van der Waals surface area (Å²) in [5.74, 6) is -0.536. The summed E-state index contributed by atoms with van der Waals surface area (Å²) in [4.78, 5) is 22.0. The Morgan fingerprint density at radius 1 is 1.35 bits per heavy atom. The minimum Gasteiger partial charge on any atom is -0.461 e. The van der Waals surface area contributed by atoms with Gasteiger partial charge in [-0.25, -0.2) is 4.79 Å². The molecule has 1 atom stereocenters. The molecule has 0 aliphatic heterocycles. The van der Waals surface area contributed by atoms with Crippen LogP contribution in [0.4, 0.5) is 5.69 Å². The van der Waals surface area contributed by atoms with Crippen LogP contribution in [0.1, 0.15) is 56.3 Å². The van der Waals surface area contributed by atoms with Crippen molar-refractivity contribution in [3.05, 3.63) is 39.9 Å². The number of benzene rings is 1. The second kappa shape index (κ2) is 10.7. The molecule has 0 aliphatic rings. The van der Waals surface area contributed by atoms with Gasteiger partial charge >= 0.3 is 5.97 Å². The van der Waals surface area contributed by atoms with Crippen molar-refractivity contribution in [1.29, 1.82) is 0 Å². The first-order valence-electron chi connectivity index (χ1n) is 8.19. The lowest BCUT2D eigenvalue weighted by molar-refractivity contribution is -0.384. The summed E-state index contributed by atoms with van der Waals surface area (Å²) in [6.07, 6.45) is 6.07. The first-order valence-corrected chi connectivity index (χ1v) is 8.19. The number of rotatable bonds is 11. The molecule has 0 fully saturated rings. The summed E-state index contributed by atoms with van der Waals surface area (Å²) < 4.78 is 5.13. The van der Waals surface area contributed by atoms with E-state index >= 15 is 0 Å². The monoisotopic (exact) mass is 322 g/mol. The van der Waals surface area contributed by atoms with E-state index in [0.717, 1.165) is 6.42 Å². The molecule has 0 radical (unpaired) electrons. The van der Waals surface area contributed by atoms with Crippen LogP contribution in [0, 0.1) is 10.1 Å². The minimum absolute atomic E-state index is 0.113. The summed E-state index contributed by atoms with van der Waals surface area (Å²) in [5, 5.41) is 14.0. The zero-order chi connectivity index (χ0) is 17.1. The van der Waals surface area contributed by atoms with E-state index in [9.17, 15) is 14.9 Å². The van der Waals surface area contributed by atoms with Gasteiger partial charge in [0, 0.05) is 24.7 Å². The van der Waals surface area contributed by atoms with E-state index in [1.807, 2.05) is 0 Å². The Kier molecular flexibility index (Phi) is 8.90. The predicted octanol–water partition coefficient (Wildman–Crippen LogP) is 3.70. The lowest BCUT2D eigenvalue weighted by atomic mass is 10.1. The molecule has 0 heterocycles. The zero-order valence-electron chi connectivity index (χ0n) is 13.9. The van der Waals surface area contributed by atoms with E-state index in [4.69, 9.17) is 4.74 Å². The van der Waals surface area contributed by atoms with Crippen LogP contribution in [0.5, 0.6) is 0 Å². The van der Waals surface area contributed by atoms with Crippen LogP contribution in [0.25, 0.3) is 0 Å². The van der Waals surface area contributed by atoms with E-state index < -0.39 is 10.9 Å². The number of hydrogen-bond donors (Lipinski definition) is 1. The highest BCUT2D eigenvalue weighted by Gasteiger charge is 2.12. The number of ether oxygens (including phenoxy) is 1. The van der Waals surface area contributed by atoms with Crippen molar-refractivity contribution in [2.45, 2.75) is 52.0 Å². The first-order chi connectivity index (χ1) is 11.0. The Labute approximate surface area is 137 Å². The van der Waals surface area contributed by atoms with Crippen molar-refractivity contribution in [1.82, 2.24) is 5.32 Å². The molecule has 0 aromatic heterocycles. The quantitative estimate of drug-likeness (QED) is 0.291. The molecule has 6 nitrogen and oxygen atoms in total. The third-order valence-electron chi connectivity index (χ3n) is 3.61. The third-order valence-corrected chi connectivity index (χ3v) is 3.61. The molecule has 1 aromatic rings. The molecule has 0 unspecified atom stereocenters. The number of carbonyl (C=O) groups is 1. The number of esters is 1. The van der Waals surface area contributed by atoms with Gasteiger partial charge in [0.1, 0.15) is 6.61 Å². The molecule has 0 saturated carbocycles. The van der Waals surface area contributed by atoms with Crippen molar-refractivity contribution < 1.29 is 14.5 Å². The van der Waals surface area contributed by atoms with Gasteiger partial charge in [-0.2, -0.15) is 0 Å². The lowest BCUT2D eigenvalue weighted by Gasteiger charge is -2.13. The molecule has 0 saturated heterocycles. The van der Waals surface area contributed by atoms with Gasteiger partial charge in [0.05, 0.1) is 10.5 Å². The standard InChI is InChI=1S/C17H26N2O4/c1-3-4-5-6-8-14(2)18-11-12-23-17(20)15-9-7-10-16(13-15)19(21)22/h7,9-10,13-14,18H,3-6,8,11-12H2,1-2H3/t14-/m0/s1. The highest BCUT2D eigenvalue weighted by atomic mass is 16.6. The van der Waals surface area contributed by atoms with Crippen LogP contribution in [-0.2, 0) is 4.74 Å². The maximum Gasteiger partial charge on any atom is 0.338 e. The normalized spacial score (nSPS) is 11.9. The molecule has 128 valence electrons. The van der Waals surface area contributed by atoms with Gasteiger partial charge in [-0.15, -0.1) is 0 Å². The second-order valence-corrected chi connectivity index (χ2v) is 5.65. The predicted molar refractivity (Wildman–Crippen MR) is 89.6 cm³/mol. The van der Waals surface area contributed by atoms with Crippen LogP contribution in [-0.4, -0.2) is 30.1 Å². The Bertz CT molecular complexity index is 505. The number of carbonyl (C=O) groups excluding carboxylic acids is 1. The van der Waals surface area contributed by atoms with Gasteiger partial charge in [-0.1, -0.05) is 38.7 Å². The van der Waals surface area contributed by atoms with Crippen LogP contribution in [0.2, 0.25) is 0 Å². The lowest BCUT2D eigenvalue weighted by Crippen LogP contribution is -2.30. The smallest absolute Gasteiger partial charge is 0.338 e. The summed E-state index contributed by atoms with van der Waals surface area (Å²) >= 11 is 0. The highest BCUT2D eigenvalue weighted by Crippen LogP contribution is 2.13. The number of nitrogens with one attached hydrogen (secondary N) is 1. The summed E-state index contributed by atoms with van der Waals surface area (Å²) in [6.45, 7) is 5.14. The Hall–Kier alpha value is -1.95. The molecule has 23 heavy (non-hydrogen) atoms. The van der Waals surface area contributed by atoms with Crippen LogP contribution < -0.4 is 5.32 Å². The van der Waals surface area contributed by atoms with Crippen LogP contribution in [0.3, 0.4) is 0 Å². The molecule has 0 amide bonds. The van der Waals surface area contributed by atoms with Crippen LogP contribution >= 0.6 is 0 Å². The first kappa shape index (κ1) is 19.1. The van der Waals surface area contributed by atoms with Crippen molar-refractivity contribution in [2.24, 2.45) is 0 Å². The summed E-state index contributed by atoms with van der Waals surface area (Å²) in [5.41, 5.74) is 0.0880. The molecular formula is C17H26N2O4. The van der Waals surface area contributed by atoms with E-state index in [0.29, 0.717) is 12.6 Å². The number of hydrogen-bond acceptors (Lipinski definition) is 5. The second-order valence-electron chi connectivity index (χ2n) is 5.65.